The second-order valence-corrected chi connectivity index (χ2v) is 5.60. The fourth-order valence-electron chi connectivity index (χ4n) is 2.68. The lowest BCUT2D eigenvalue weighted by molar-refractivity contribution is -0.149. The molecular formula is C16H16ClNO5. The van der Waals surface area contributed by atoms with Crippen LogP contribution >= 0.6 is 11.6 Å². The average molecular weight is 338 g/mol. The number of ether oxygens (including phenoxy) is 1. The third-order valence-corrected chi connectivity index (χ3v) is 4.12. The van der Waals surface area contributed by atoms with E-state index in [1.807, 2.05) is 0 Å². The van der Waals surface area contributed by atoms with E-state index in [1.54, 1.807) is 6.92 Å². The number of nitrogens with zero attached hydrogens (tertiary/aromatic N) is 1. The van der Waals surface area contributed by atoms with Gasteiger partial charge >= 0.3 is 5.97 Å². The van der Waals surface area contributed by atoms with Gasteiger partial charge in [-0.2, -0.15) is 0 Å². The van der Waals surface area contributed by atoms with Crippen molar-refractivity contribution < 1.29 is 23.9 Å². The maximum Gasteiger partial charge on any atom is 0.317 e. The van der Waals surface area contributed by atoms with Crippen LogP contribution in [-0.2, 0) is 19.1 Å². The molecule has 7 heteroatoms. The molecule has 1 unspecified atom stereocenters. The van der Waals surface area contributed by atoms with Gasteiger partial charge in [0.2, 0.25) is 11.8 Å². The van der Waals surface area contributed by atoms with Gasteiger partial charge < -0.3 is 4.74 Å². The van der Waals surface area contributed by atoms with Crippen molar-refractivity contribution in [3.63, 3.8) is 0 Å². The van der Waals surface area contributed by atoms with Crippen LogP contribution in [0.2, 0.25) is 5.02 Å². The normalized spacial score (nSPS) is 18.9. The zero-order valence-electron chi connectivity index (χ0n) is 12.7. The molecule has 23 heavy (non-hydrogen) atoms. The number of methoxy groups -OCH3 is 1. The van der Waals surface area contributed by atoms with Gasteiger partial charge in [0.05, 0.1) is 13.0 Å². The molecule has 122 valence electrons. The van der Waals surface area contributed by atoms with Crippen molar-refractivity contribution in [2.24, 2.45) is 11.8 Å². The van der Waals surface area contributed by atoms with E-state index in [9.17, 15) is 19.2 Å². The zero-order valence-corrected chi connectivity index (χ0v) is 13.5. The second kappa shape index (κ2) is 6.91. The highest BCUT2D eigenvalue weighted by atomic mass is 35.5. The van der Waals surface area contributed by atoms with Gasteiger partial charge in [-0.25, -0.2) is 0 Å². The Balaban J connectivity index is 2.36. The van der Waals surface area contributed by atoms with Crippen LogP contribution in [0, 0.1) is 11.8 Å². The summed E-state index contributed by atoms with van der Waals surface area (Å²) >= 11 is 5.78. The van der Waals surface area contributed by atoms with E-state index in [0.29, 0.717) is 5.02 Å². The topological polar surface area (TPSA) is 80.8 Å². The van der Waals surface area contributed by atoms with Gasteiger partial charge in [-0.15, -0.1) is 0 Å². The molecule has 1 saturated heterocycles. The molecule has 1 aromatic carbocycles. The van der Waals surface area contributed by atoms with Gasteiger partial charge in [0.1, 0.15) is 5.92 Å². The van der Waals surface area contributed by atoms with E-state index in [2.05, 4.69) is 4.74 Å². The summed E-state index contributed by atoms with van der Waals surface area (Å²) in [5.74, 6) is -4.66. The predicted octanol–water partition coefficient (Wildman–Crippen LogP) is 1.71. The number of benzene rings is 1. The molecule has 1 heterocycles. The molecule has 2 amide bonds. The van der Waals surface area contributed by atoms with Crippen LogP contribution in [0.15, 0.2) is 24.3 Å². The number of likely N-dealkylation sites (tertiary alicyclic amines) is 1. The Hall–Kier alpha value is -2.21. The smallest absolute Gasteiger partial charge is 0.317 e. The average Bonchev–Trinajstić information content (AvgIpc) is 2.82. The van der Waals surface area contributed by atoms with E-state index in [4.69, 9.17) is 11.6 Å². The van der Waals surface area contributed by atoms with Gasteiger partial charge in [-0.05, 0) is 31.2 Å². The third-order valence-electron chi connectivity index (χ3n) is 3.86. The van der Waals surface area contributed by atoms with Crippen molar-refractivity contribution in [3.05, 3.63) is 34.9 Å². The Bertz CT molecular complexity index is 655. The number of ketones is 1. The lowest BCUT2D eigenvalue weighted by atomic mass is 9.84. The number of Topliss-reactive ketones (excluding diaryl/α,β-unsaturated/α-hetero) is 1. The Kier molecular flexibility index (Phi) is 5.15. The second-order valence-electron chi connectivity index (χ2n) is 5.16. The van der Waals surface area contributed by atoms with Crippen molar-refractivity contribution >= 4 is 35.2 Å². The molecule has 0 aliphatic carbocycles. The van der Waals surface area contributed by atoms with E-state index in [1.165, 1.54) is 24.3 Å². The number of rotatable bonds is 5. The highest BCUT2D eigenvalue weighted by molar-refractivity contribution is 6.30. The minimum absolute atomic E-state index is 0.175. The van der Waals surface area contributed by atoms with Crippen LogP contribution in [0.3, 0.4) is 0 Å². The summed E-state index contributed by atoms with van der Waals surface area (Å²) in [4.78, 5) is 50.0. The molecule has 2 atom stereocenters. The molecule has 6 nitrogen and oxygen atoms in total. The van der Waals surface area contributed by atoms with Crippen LogP contribution in [0.4, 0.5) is 0 Å². The summed E-state index contributed by atoms with van der Waals surface area (Å²) in [6.45, 7) is 1.86. The first-order valence-electron chi connectivity index (χ1n) is 7.12. The summed E-state index contributed by atoms with van der Waals surface area (Å²) in [5.41, 5.74) is 0.236. The van der Waals surface area contributed by atoms with Gasteiger partial charge in [0.25, 0.3) is 0 Å². The number of imide groups is 1. The summed E-state index contributed by atoms with van der Waals surface area (Å²) in [6, 6.07) is 5.98. The third kappa shape index (κ3) is 3.27. The van der Waals surface area contributed by atoms with E-state index in [-0.39, 0.29) is 24.4 Å². The molecule has 1 fully saturated rings. The lowest BCUT2D eigenvalue weighted by Gasteiger charge is -2.19. The lowest BCUT2D eigenvalue weighted by Crippen LogP contribution is -2.38. The van der Waals surface area contributed by atoms with Crippen LogP contribution in [0.25, 0.3) is 0 Å². The number of halogens is 1. The number of hydrogen-bond acceptors (Lipinski definition) is 5. The van der Waals surface area contributed by atoms with Crippen LogP contribution < -0.4 is 0 Å². The van der Waals surface area contributed by atoms with Crippen molar-refractivity contribution in [3.8, 4) is 0 Å². The quantitative estimate of drug-likeness (QED) is 0.353. The molecular weight excluding hydrogens is 322 g/mol. The Morgan fingerprint density at radius 1 is 1.30 bits per heavy atom. The largest absolute Gasteiger partial charge is 0.468 e. The van der Waals surface area contributed by atoms with Crippen LogP contribution in [0.5, 0.6) is 0 Å². The van der Waals surface area contributed by atoms with E-state index < -0.39 is 29.5 Å². The molecule has 0 spiro atoms. The zero-order chi connectivity index (χ0) is 17.1. The van der Waals surface area contributed by atoms with Crippen LogP contribution in [-0.4, -0.2) is 42.1 Å². The number of carbonyl (C=O) groups is 4. The van der Waals surface area contributed by atoms with E-state index in [0.717, 1.165) is 12.0 Å². The molecule has 0 N–H and O–H groups in total. The summed E-state index contributed by atoms with van der Waals surface area (Å²) < 4.78 is 4.68. The van der Waals surface area contributed by atoms with Gasteiger partial charge in [-0.3, -0.25) is 24.1 Å². The fraction of sp³-hybridized carbons (Fsp3) is 0.375. The monoisotopic (exact) mass is 337 g/mol. The molecule has 0 bridgehead atoms. The minimum atomic E-state index is -1.34. The maximum atomic E-state index is 12.7. The summed E-state index contributed by atoms with van der Waals surface area (Å²) in [6.07, 6.45) is -0.175. The number of amides is 2. The number of esters is 1. The highest BCUT2D eigenvalue weighted by Gasteiger charge is 2.48. The molecule has 2 rings (SSSR count). The van der Waals surface area contributed by atoms with Crippen molar-refractivity contribution in [2.75, 3.05) is 13.7 Å². The molecule has 0 aromatic heterocycles. The molecule has 0 radical (unpaired) electrons. The first-order valence-corrected chi connectivity index (χ1v) is 7.50. The highest BCUT2D eigenvalue weighted by Crippen LogP contribution is 2.30. The number of hydrogen-bond donors (Lipinski definition) is 0. The van der Waals surface area contributed by atoms with Crippen molar-refractivity contribution in [1.82, 2.24) is 4.90 Å². The Morgan fingerprint density at radius 3 is 2.39 bits per heavy atom. The van der Waals surface area contributed by atoms with Crippen molar-refractivity contribution in [1.29, 1.82) is 0 Å². The molecule has 1 aromatic rings. The predicted molar refractivity (Wildman–Crippen MR) is 81.8 cm³/mol. The molecule has 0 saturated carbocycles. The van der Waals surface area contributed by atoms with Crippen molar-refractivity contribution in [2.45, 2.75) is 13.3 Å². The van der Waals surface area contributed by atoms with Crippen LogP contribution in [0.1, 0.15) is 23.7 Å². The van der Waals surface area contributed by atoms with Gasteiger partial charge in [0, 0.05) is 23.6 Å². The van der Waals surface area contributed by atoms with Gasteiger partial charge in [0.15, 0.2) is 5.78 Å². The first kappa shape index (κ1) is 17.1. The number of carbonyl (C=O) groups excluding carboxylic acids is 4. The SMILES string of the molecule is CCN1C(=O)C[C@H](C(C(=O)OC)C(=O)c2ccc(Cl)cc2)C1=O. The summed E-state index contributed by atoms with van der Waals surface area (Å²) in [7, 11) is 1.14. The molecule has 1 aliphatic rings. The Morgan fingerprint density at radius 2 is 1.91 bits per heavy atom. The van der Waals surface area contributed by atoms with Gasteiger partial charge in [-0.1, -0.05) is 11.6 Å². The van der Waals surface area contributed by atoms with E-state index >= 15 is 0 Å². The Labute approximate surface area is 138 Å². The maximum absolute atomic E-state index is 12.7. The fourth-order valence-corrected chi connectivity index (χ4v) is 2.80. The standard InChI is InChI=1S/C16H16ClNO5/c1-3-18-12(19)8-11(15(18)21)13(16(22)23-2)14(20)9-4-6-10(17)7-5-9/h4-7,11,13H,3,8H2,1-2H3/t11-,13?/m1/s1. The minimum Gasteiger partial charge on any atom is -0.468 e. The molecule has 1 aliphatic heterocycles. The first-order chi connectivity index (χ1) is 10.9. The summed E-state index contributed by atoms with van der Waals surface area (Å²) in [5, 5.41) is 0.445.